The minimum absolute atomic E-state index is 0.177. The van der Waals surface area contributed by atoms with E-state index in [4.69, 9.17) is 0 Å². The summed E-state index contributed by atoms with van der Waals surface area (Å²) in [5.41, 5.74) is 0.476. The van der Waals surface area contributed by atoms with Crippen molar-refractivity contribution in [1.29, 1.82) is 0 Å². The molecule has 2 heterocycles. The molecule has 0 bridgehead atoms. The summed E-state index contributed by atoms with van der Waals surface area (Å²) in [6.45, 7) is 12.9. The molecule has 1 unspecified atom stereocenters. The number of hydrogen-bond donors (Lipinski definition) is 0. The molecule has 3 nitrogen and oxygen atoms in total. The Morgan fingerprint density at radius 2 is 1.68 bits per heavy atom. The van der Waals surface area contributed by atoms with Crippen molar-refractivity contribution in [2.24, 2.45) is 11.3 Å². The number of hydrogen-bond acceptors (Lipinski definition) is 3. The Morgan fingerprint density at radius 1 is 1.11 bits per heavy atom. The third-order valence-corrected chi connectivity index (χ3v) is 4.95. The van der Waals surface area contributed by atoms with Gasteiger partial charge in [-0.1, -0.05) is 20.8 Å². The highest BCUT2D eigenvalue weighted by molar-refractivity contribution is 5.82. The molecule has 2 aliphatic rings. The highest BCUT2D eigenvalue weighted by Crippen LogP contribution is 2.38. The van der Waals surface area contributed by atoms with E-state index in [0.717, 1.165) is 13.1 Å². The second-order valence-electron chi connectivity index (χ2n) is 6.91. The summed E-state index contributed by atoms with van der Waals surface area (Å²) < 4.78 is 0. The SMILES string of the molecule is CCN1CCCC2(CCCN(CC(=O)C(C)C)C2)C1. The average Bonchev–Trinajstić information content (AvgIpc) is 2.38. The zero-order valence-electron chi connectivity index (χ0n) is 13.0. The van der Waals surface area contributed by atoms with Gasteiger partial charge in [-0.3, -0.25) is 9.69 Å². The lowest BCUT2D eigenvalue weighted by Crippen LogP contribution is -2.53. The quantitative estimate of drug-likeness (QED) is 0.781. The van der Waals surface area contributed by atoms with Crippen molar-refractivity contribution in [2.75, 3.05) is 39.3 Å². The number of carbonyl (C=O) groups is 1. The van der Waals surface area contributed by atoms with Crippen LogP contribution in [-0.4, -0.2) is 54.9 Å². The van der Waals surface area contributed by atoms with Crippen LogP contribution in [0.2, 0.25) is 0 Å². The Bertz CT molecular complexity index is 312. The normalized spacial score (nSPS) is 30.1. The standard InChI is InChI=1S/C16H30N2O/c1-4-17-9-5-7-16(12-17)8-6-10-18(13-16)11-15(19)14(2)3/h14H,4-13H2,1-3H3. The topological polar surface area (TPSA) is 23.6 Å². The number of nitrogens with zero attached hydrogens (tertiary/aromatic N) is 2. The van der Waals surface area contributed by atoms with Crippen molar-refractivity contribution in [3.63, 3.8) is 0 Å². The fraction of sp³-hybridized carbons (Fsp3) is 0.938. The van der Waals surface area contributed by atoms with Gasteiger partial charge in [0.25, 0.3) is 0 Å². The molecule has 2 aliphatic heterocycles. The van der Waals surface area contributed by atoms with E-state index in [1.807, 2.05) is 13.8 Å². The zero-order chi connectivity index (χ0) is 13.9. The summed E-state index contributed by atoms with van der Waals surface area (Å²) in [6.07, 6.45) is 5.31. The molecule has 0 aromatic heterocycles. The summed E-state index contributed by atoms with van der Waals surface area (Å²) in [6, 6.07) is 0. The van der Waals surface area contributed by atoms with Crippen molar-refractivity contribution in [1.82, 2.24) is 9.80 Å². The molecule has 2 fully saturated rings. The molecule has 0 aromatic rings. The van der Waals surface area contributed by atoms with Gasteiger partial charge in [0, 0.05) is 19.0 Å². The molecular weight excluding hydrogens is 236 g/mol. The molecule has 110 valence electrons. The second-order valence-corrected chi connectivity index (χ2v) is 6.91. The van der Waals surface area contributed by atoms with E-state index in [2.05, 4.69) is 16.7 Å². The second kappa shape index (κ2) is 6.36. The third kappa shape index (κ3) is 3.79. The van der Waals surface area contributed by atoms with E-state index >= 15 is 0 Å². The molecule has 19 heavy (non-hydrogen) atoms. The minimum atomic E-state index is 0.177. The van der Waals surface area contributed by atoms with E-state index in [0.29, 0.717) is 17.7 Å². The Kier molecular flexibility index (Phi) is 5.02. The first-order chi connectivity index (χ1) is 9.04. The average molecular weight is 266 g/mol. The van der Waals surface area contributed by atoms with E-state index < -0.39 is 0 Å². The number of Topliss-reactive ketones (excluding diaryl/α,β-unsaturated/α-hetero) is 1. The lowest BCUT2D eigenvalue weighted by atomic mass is 9.73. The molecule has 0 amide bonds. The monoisotopic (exact) mass is 266 g/mol. The van der Waals surface area contributed by atoms with Gasteiger partial charge < -0.3 is 4.90 Å². The maximum Gasteiger partial charge on any atom is 0.149 e. The Morgan fingerprint density at radius 3 is 2.26 bits per heavy atom. The first-order valence-corrected chi connectivity index (χ1v) is 8.02. The van der Waals surface area contributed by atoms with Crippen molar-refractivity contribution < 1.29 is 4.79 Å². The van der Waals surface area contributed by atoms with Crippen LogP contribution in [-0.2, 0) is 4.79 Å². The fourth-order valence-electron chi connectivity index (χ4n) is 3.76. The summed E-state index contributed by atoms with van der Waals surface area (Å²) in [4.78, 5) is 17.0. The highest BCUT2D eigenvalue weighted by atomic mass is 16.1. The molecule has 0 saturated carbocycles. The molecule has 2 rings (SSSR count). The van der Waals surface area contributed by atoms with Gasteiger partial charge in [0.1, 0.15) is 5.78 Å². The van der Waals surface area contributed by atoms with Gasteiger partial charge in [-0.25, -0.2) is 0 Å². The van der Waals surface area contributed by atoms with Gasteiger partial charge in [-0.2, -0.15) is 0 Å². The van der Waals surface area contributed by atoms with Gasteiger partial charge in [-0.15, -0.1) is 0 Å². The Hall–Kier alpha value is -0.410. The van der Waals surface area contributed by atoms with Gasteiger partial charge in [0.05, 0.1) is 6.54 Å². The van der Waals surface area contributed by atoms with Crippen molar-refractivity contribution >= 4 is 5.78 Å². The molecule has 0 N–H and O–H groups in total. The smallest absolute Gasteiger partial charge is 0.149 e. The lowest BCUT2D eigenvalue weighted by Gasteiger charge is -2.48. The molecule has 0 radical (unpaired) electrons. The molecule has 0 aliphatic carbocycles. The largest absolute Gasteiger partial charge is 0.303 e. The minimum Gasteiger partial charge on any atom is -0.303 e. The molecule has 3 heteroatoms. The predicted molar refractivity (Wildman–Crippen MR) is 79.3 cm³/mol. The highest BCUT2D eigenvalue weighted by Gasteiger charge is 2.39. The number of ketones is 1. The van der Waals surface area contributed by atoms with Crippen LogP contribution in [0.1, 0.15) is 46.5 Å². The van der Waals surface area contributed by atoms with Crippen molar-refractivity contribution in [2.45, 2.75) is 46.5 Å². The number of rotatable bonds is 4. The van der Waals surface area contributed by atoms with Gasteiger partial charge in [-0.05, 0) is 50.7 Å². The number of likely N-dealkylation sites (tertiary alicyclic amines) is 2. The molecule has 0 aromatic carbocycles. The van der Waals surface area contributed by atoms with Crippen LogP contribution in [0.3, 0.4) is 0 Å². The van der Waals surface area contributed by atoms with E-state index in [1.54, 1.807) is 0 Å². The van der Waals surface area contributed by atoms with Crippen LogP contribution in [0.25, 0.3) is 0 Å². The Balaban J connectivity index is 1.94. The molecular formula is C16H30N2O. The Labute approximate surface area is 118 Å². The van der Waals surface area contributed by atoms with Crippen LogP contribution in [0.4, 0.5) is 0 Å². The van der Waals surface area contributed by atoms with Crippen molar-refractivity contribution in [3.05, 3.63) is 0 Å². The van der Waals surface area contributed by atoms with E-state index in [-0.39, 0.29) is 5.92 Å². The first-order valence-electron chi connectivity index (χ1n) is 8.02. The van der Waals surface area contributed by atoms with Crippen LogP contribution in [0.5, 0.6) is 0 Å². The van der Waals surface area contributed by atoms with E-state index in [9.17, 15) is 4.79 Å². The number of piperidine rings is 2. The lowest BCUT2D eigenvalue weighted by molar-refractivity contribution is -0.124. The predicted octanol–water partition coefficient (Wildman–Crippen LogP) is 2.41. The maximum atomic E-state index is 12.0. The van der Waals surface area contributed by atoms with Gasteiger partial charge >= 0.3 is 0 Å². The summed E-state index contributed by atoms with van der Waals surface area (Å²) in [5, 5.41) is 0. The van der Waals surface area contributed by atoms with Gasteiger partial charge in [0.15, 0.2) is 0 Å². The zero-order valence-corrected chi connectivity index (χ0v) is 13.0. The summed E-state index contributed by atoms with van der Waals surface area (Å²) in [7, 11) is 0. The maximum absolute atomic E-state index is 12.0. The van der Waals surface area contributed by atoms with E-state index in [1.165, 1.54) is 45.3 Å². The van der Waals surface area contributed by atoms with Crippen molar-refractivity contribution in [3.8, 4) is 0 Å². The fourth-order valence-corrected chi connectivity index (χ4v) is 3.76. The van der Waals surface area contributed by atoms with Crippen LogP contribution in [0, 0.1) is 11.3 Å². The molecule has 2 saturated heterocycles. The third-order valence-electron chi connectivity index (χ3n) is 4.95. The summed E-state index contributed by atoms with van der Waals surface area (Å²) >= 11 is 0. The van der Waals surface area contributed by atoms with Crippen LogP contribution < -0.4 is 0 Å². The first kappa shape index (κ1) is 15.0. The van der Waals surface area contributed by atoms with Crippen LogP contribution in [0.15, 0.2) is 0 Å². The van der Waals surface area contributed by atoms with Gasteiger partial charge in [0.2, 0.25) is 0 Å². The molecule has 1 spiro atoms. The molecule has 1 atom stereocenters. The number of carbonyl (C=O) groups excluding carboxylic acids is 1. The summed E-state index contributed by atoms with van der Waals surface area (Å²) in [5.74, 6) is 0.580. The van der Waals surface area contributed by atoms with Crippen LogP contribution >= 0.6 is 0 Å².